The summed E-state index contributed by atoms with van der Waals surface area (Å²) in [5.74, 6) is 0.700. The quantitative estimate of drug-likeness (QED) is 0.837. The largest absolute Gasteiger partial charge is 0.330 e. The highest BCUT2D eigenvalue weighted by atomic mass is 35.5. The molecular weight excluding hydrogens is 218 g/mol. The molecule has 2 N–H and O–H groups in total. The number of halogens is 1. The van der Waals surface area contributed by atoms with Gasteiger partial charge in [-0.15, -0.1) is 0 Å². The van der Waals surface area contributed by atoms with Crippen molar-refractivity contribution in [1.29, 1.82) is 0 Å². The molecule has 88 valence electrons. The van der Waals surface area contributed by atoms with E-state index < -0.39 is 0 Å². The van der Waals surface area contributed by atoms with E-state index >= 15 is 0 Å². The zero-order chi connectivity index (χ0) is 11.8. The molecule has 0 saturated carbocycles. The Bertz CT molecular complexity index is 384. The van der Waals surface area contributed by atoms with E-state index in [9.17, 15) is 0 Å². The monoisotopic (exact) mass is 237 g/mol. The maximum atomic E-state index is 6.05. The molecule has 16 heavy (non-hydrogen) atoms. The summed E-state index contributed by atoms with van der Waals surface area (Å²) in [6.07, 6.45) is 3.50. The smallest absolute Gasteiger partial charge is 0.0408 e. The fourth-order valence-electron chi connectivity index (χ4n) is 3.01. The van der Waals surface area contributed by atoms with Crippen molar-refractivity contribution in [2.24, 2.45) is 11.7 Å². The molecule has 2 heteroatoms. The van der Waals surface area contributed by atoms with E-state index in [1.165, 1.54) is 17.5 Å². The Labute approximate surface area is 103 Å². The van der Waals surface area contributed by atoms with Gasteiger partial charge in [0.25, 0.3) is 0 Å². The molecule has 0 spiro atoms. The molecule has 1 aromatic carbocycles. The van der Waals surface area contributed by atoms with Gasteiger partial charge in [0.2, 0.25) is 0 Å². The lowest BCUT2D eigenvalue weighted by atomic mass is 9.64. The number of hydrogen-bond donors (Lipinski definition) is 1. The van der Waals surface area contributed by atoms with Crippen molar-refractivity contribution in [2.75, 3.05) is 6.54 Å². The Hall–Kier alpha value is -0.530. The van der Waals surface area contributed by atoms with Crippen molar-refractivity contribution in [3.8, 4) is 0 Å². The Morgan fingerprint density at radius 1 is 1.44 bits per heavy atom. The molecule has 0 saturated heterocycles. The molecular formula is C14H20ClN. The molecule has 0 aliphatic heterocycles. The third-order valence-corrected chi connectivity index (χ3v) is 4.29. The van der Waals surface area contributed by atoms with Crippen molar-refractivity contribution < 1.29 is 0 Å². The number of fused-ring (bicyclic) bond motifs is 1. The van der Waals surface area contributed by atoms with Crippen LogP contribution in [0, 0.1) is 5.92 Å². The lowest BCUT2D eigenvalue weighted by Crippen LogP contribution is -2.35. The number of rotatable bonds is 2. The van der Waals surface area contributed by atoms with Crippen molar-refractivity contribution in [3.05, 3.63) is 34.3 Å². The summed E-state index contributed by atoms with van der Waals surface area (Å²) in [7, 11) is 0. The first-order valence-electron chi connectivity index (χ1n) is 6.04. The summed E-state index contributed by atoms with van der Waals surface area (Å²) in [6, 6.07) is 6.32. The number of aryl methyl sites for hydroxylation is 1. The summed E-state index contributed by atoms with van der Waals surface area (Å²) in [5, 5.41) is 0.854. The van der Waals surface area contributed by atoms with Crippen LogP contribution in [0.25, 0.3) is 0 Å². The van der Waals surface area contributed by atoms with Gasteiger partial charge in [-0.2, -0.15) is 0 Å². The first-order chi connectivity index (χ1) is 7.55. The first-order valence-corrected chi connectivity index (χ1v) is 6.42. The molecule has 0 heterocycles. The minimum absolute atomic E-state index is 0.234. The van der Waals surface area contributed by atoms with Crippen molar-refractivity contribution in [1.82, 2.24) is 0 Å². The predicted octanol–water partition coefficient (Wildman–Crippen LogP) is 3.53. The van der Waals surface area contributed by atoms with Crippen LogP contribution < -0.4 is 5.73 Å². The minimum atomic E-state index is 0.234. The van der Waals surface area contributed by atoms with Gasteiger partial charge < -0.3 is 5.73 Å². The summed E-state index contributed by atoms with van der Waals surface area (Å²) in [5.41, 5.74) is 8.82. The van der Waals surface area contributed by atoms with Crippen LogP contribution in [0.15, 0.2) is 18.2 Å². The van der Waals surface area contributed by atoms with Crippen LogP contribution in [0.1, 0.15) is 37.8 Å². The molecule has 0 aromatic heterocycles. The van der Waals surface area contributed by atoms with E-state index in [0.29, 0.717) is 5.92 Å². The third-order valence-electron chi connectivity index (χ3n) is 4.06. The number of nitrogens with two attached hydrogens (primary N) is 1. The number of benzene rings is 1. The second-order valence-corrected chi connectivity index (χ2v) is 5.77. The highest BCUT2D eigenvalue weighted by Crippen LogP contribution is 2.43. The van der Waals surface area contributed by atoms with E-state index in [4.69, 9.17) is 17.3 Å². The van der Waals surface area contributed by atoms with Gasteiger partial charge in [-0.1, -0.05) is 31.5 Å². The Morgan fingerprint density at radius 3 is 2.88 bits per heavy atom. The fraction of sp³-hybridized carbons (Fsp3) is 0.571. The summed E-state index contributed by atoms with van der Waals surface area (Å²) < 4.78 is 0. The maximum Gasteiger partial charge on any atom is 0.0408 e. The van der Waals surface area contributed by atoms with Gasteiger partial charge in [-0.25, -0.2) is 0 Å². The van der Waals surface area contributed by atoms with Crippen molar-refractivity contribution in [3.63, 3.8) is 0 Å². The van der Waals surface area contributed by atoms with Gasteiger partial charge in [0.1, 0.15) is 0 Å². The van der Waals surface area contributed by atoms with Crippen LogP contribution >= 0.6 is 11.6 Å². The van der Waals surface area contributed by atoms with Gasteiger partial charge in [-0.05, 0) is 60.4 Å². The fourth-order valence-corrected chi connectivity index (χ4v) is 3.21. The van der Waals surface area contributed by atoms with Gasteiger partial charge in [0.15, 0.2) is 0 Å². The van der Waals surface area contributed by atoms with Crippen LogP contribution in [-0.4, -0.2) is 6.54 Å². The maximum absolute atomic E-state index is 6.05. The second-order valence-electron chi connectivity index (χ2n) is 5.34. The van der Waals surface area contributed by atoms with Crippen LogP contribution in [0.4, 0.5) is 0 Å². The minimum Gasteiger partial charge on any atom is -0.330 e. The summed E-state index contributed by atoms with van der Waals surface area (Å²) in [6.45, 7) is 5.45. The zero-order valence-electron chi connectivity index (χ0n) is 10.1. The normalized spacial score (nSPS) is 22.9. The molecule has 1 nitrogen and oxygen atoms in total. The van der Waals surface area contributed by atoms with E-state index in [1.54, 1.807) is 0 Å². The summed E-state index contributed by atoms with van der Waals surface area (Å²) >= 11 is 6.05. The molecule has 1 aliphatic carbocycles. The predicted molar refractivity (Wildman–Crippen MR) is 70.0 cm³/mol. The average molecular weight is 238 g/mol. The Morgan fingerprint density at radius 2 is 2.19 bits per heavy atom. The summed E-state index contributed by atoms with van der Waals surface area (Å²) in [4.78, 5) is 0. The SMILES string of the molecule is CC1(C)c2ccc(Cl)cc2CCC1CCN. The van der Waals surface area contributed by atoms with E-state index in [-0.39, 0.29) is 5.41 Å². The van der Waals surface area contributed by atoms with Crippen LogP contribution in [0.5, 0.6) is 0 Å². The number of hydrogen-bond acceptors (Lipinski definition) is 1. The Kier molecular flexibility index (Phi) is 3.27. The van der Waals surface area contributed by atoms with Gasteiger partial charge in [-0.3, -0.25) is 0 Å². The highest BCUT2D eigenvalue weighted by molar-refractivity contribution is 6.30. The first kappa shape index (κ1) is 11.9. The van der Waals surface area contributed by atoms with Crippen molar-refractivity contribution >= 4 is 11.6 Å². The van der Waals surface area contributed by atoms with Gasteiger partial charge >= 0.3 is 0 Å². The molecule has 1 unspecified atom stereocenters. The third kappa shape index (κ3) is 1.99. The molecule has 2 rings (SSSR count). The zero-order valence-corrected chi connectivity index (χ0v) is 10.8. The molecule has 1 atom stereocenters. The van der Waals surface area contributed by atoms with Gasteiger partial charge in [0.05, 0.1) is 0 Å². The second kappa shape index (κ2) is 4.38. The topological polar surface area (TPSA) is 26.0 Å². The standard InChI is InChI=1S/C14H20ClN/c1-14(2)11(7-8-16)4-3-10-9-12(15)5-6-13(10)14/h5-6,9,11H,3-4,7-8,16H2,1-2H3. The lowest BCUT2D eigenvalue weighted by molar-refractivity contribution is 0.264. The van der Waals surface area contributed by atoms with Crippen LogP contribution in [-0.2, 0) is 11.8 Å². The molecule has 0 fully saturated rings. The molecule has 1 aromatic rings. The molecule has 0 amide bonds. The Balaban J connectivity index is 2.38. The highest BCUT2D eigenvalue weighted by Gasteiger charge is 2.35. The van der Waals surface area contributed by atoms with E-state index in [2.05, 4.69) is 26.0 Å². The average Bonchev–Trinajstić information content (AvgIpc) is 2.22. The lowest BCUT2D eigenvalue weighted by Gasteiger charge is -2.40. The van der Waals surface area contributed by atoms with Crippen LogP contribution in [0.2, 0.25) is 5.02 Å². The van der Waals surface area contributed by atoms with Crippen molar-refractivity contribution in [2.45, 2.75) is 38.5 Å². The van der Waals surface area contributed by atoms with E-state index in [0.717, 1.165) is 24.4 Å². The van der Waals surface area contributed by atoms with Crippen LogP contribution in [0.3, 0.4) is 0 Å². The van der Waals surface area contributed by atoms with E-state index in [1.807, 2.05) is 6.07 Å². The molecule has 1 aliphatic rings. The van der Waals surface area contributed by atoms with Gasteiger partial charge in [0, 0.05) is 5.02 Å². The molecule has 0 bridgehead atoms. The molecule has 0 radical (unpaired) electrons.